The van der Waals surface area contributed by atoms with E-state index in [9.17, 15) is 9.36 Å². The third kappa shape index (κ3) is 7.18. The van der Waals surface area contributed by atoms with Gasteiger partial charge in [0, 0.05) is 43.8 Å². The summed E-state index contributed by atoms with van der Waals surface area (Å²) in [5.41, 5.74) is 3.15. The summed E-state index contributed by atoms with van der Waals surface area (Å²) in [6.45, 7) is 14.4. The van der Waals surface area contributed by atoms with Crippen LogP contribution in [0.15, 0.2) is 60.6 Å². The molecule has 0 aliphatic carbocycles. The molecule has 3 N–H and O–H groups in total. The van der Waals surface area contributed by atoms with Gasteiger partial charge in [0.1, 0.15) is 12.9 Å². The summed E-state index contributed by atoms with van der Waals surface area (Å²) < 4.78 is 18.3. The molecule has 0 saturated carbocycles. The highest BCUT2D eigenvalue weighted by atomic mass is 31.2. The zero-order valence-electron chi connectivity index (χ0n) is 21.9. The molecular weight excluding hydrogens is 487 g/mol. The first kappa shape index (κ1) is 27.9. The van der Waals surface area contributed by atoms with Crippen LogP contribution < -0.4 is 25.6 Å². The number of carbonyl (C=O) groups excluding carboxylic acids is 1. The van der Waals surface area contributed by atoms with E-state index in [1.165, 1.54) is 12.3 Å². The fraction of sp³-hybridized carbons (Fsp3) is 0.296. The first-order chi connectivity index (χ1) is 17.5. The summed E-state index contributed by atoms with van der Waals surface area (Å²) in [5, 5.41) is 14.9. The highest BCUT2D eigenvalue weighted by Crippen LogP contribution is 2.38. The molecule has 0 aromatic heterocycles. The van der Waals surface area contributed by atoms with Crippen LogP contribution in [0.1, 0.15) is 5.56 Å². The zero-order chi connectivity index (χ0) is 27.2. The van der Waals surface area contributed by atoms with Crippen LogP contribution in [-0.2, 0) is 9.36 Å². The van der Waals surface area contributed by atoms with Crippen molar-refractivity contribution in [2.75, 3.05) is 69.2 Å². The van der Waals surface area contributed by atoms with E-state index >= 15 is 0 Å². The van der Waals surface area contributed by atoms with Crippen LogP contribution >= 0.6 is 7.14 Å². The normalized spacial score (nSPS) is 14.3. The molecule has 37 heavy (non-hydrogen) atoms. The third-order valence-electron chi connectivity index (χ3n) is 6.04. The SMILES string of the molecule is C=CC(=O)Nc1cc(NC(=N)/N=C\C(=C)c2ccccc2P(C)(C)=O)c(OC)cc1N1CCN(C)CC1. The van der Waals surface area contributed by atoms with E-state index in [2.05, 4.69) is 45.6 Å². The molecule has 1 saturated heterocycles. The van der Waals surface area contributed by atoms with E-state index in [4.69, 9.17) is 10.1 Å². The van der Waals surface area contributed by atoms with Gasteiger partial charge >= 0.3 is 0 Å². The number of carbonyl (C=O) groups is 1. The number of nitrogens with one attached hydrogen (secondary N) is 3. The molecule has 0 unspecified atom stereocenters. The Kier molecular flexibility index (Phi) is 9.08. The Hall–Kier alpha value is -3.68. The summed E-state index contributed by atoms with van der Waals surface area (Å²) in [7, 11) is 1.11. The van der Waals surface area contributed by atoms with Crippen molar-refractivity contribution in [3.8, 4) is 5.75 Å². The van der Waals surface area contributed by atoms with E-state index in [1.807, 2.05) is 30.3 Å². The monoisotopic (exact) mass is 522 g/mol. The van der Waals surface area contributed by atoms with Crippen LogP contribution in [0.3, 0.4) is 0 Å². The fourth-order valence-electron chi connectivity index (χ4n) is 4.02. The number of rotatable bonds is 8. The largest absolute Gasteiger partial charge is 0.494 e. The van der Waals surface area contributed by atoms with Crippen LogP contribution in [0, 0.1) is 5.41 Å². The maximum Gasteiger partial charge on any atom is 0.247 e. The number of aliphatic imine (C=N–C) groups is 1. The standard InChI is InChI=1S/C27H35N6O3P/c1-7-26(34)30-21-16-22(24(36-4)17-23(21)33-14-12-32(3)13-15-33)31-27(28)29-18-19(2)20-10-8-9-11-25(20)37(5,6)35/h7-11,16-18H,1-2,12-15H2,3-6H3,(H2,28,31)(H,30,34)/b29-18-. The van der Waals surface area contributed by atoms with E-state index in [1.54, 1.807) is 26.5 Å². The minimum Gasteiger partial charge on any atom is -0.494 e. The second-order valence-electron chi connectivity index (χ2n) is 9.18. The Bertz CT molecular complexity index is 1270. The van der Waals surface area contributed by atoms with Gasteiger partial charge in [-0.15, -0.1) is 0 Å². The predicted molar refractivity (Wildman–Crippen MR) is 156 cm³/mol. The number of benzene rings is 2. The Labute approximate surface area is 218 Å². The molecule has 10 heteroatoms. The van der Waals surface area contributed by atoms with Gasteiger partial charge in [0.2, 0.25) is 11.9 Å². The minimum atomic E-state index is -2.52. The zero-order valence-corrected chi connectivity index (χ0v) is 22.8. The lowest BCUT2D eigenvalue weighted by Crippen LogP contribution is -2.44. The average Bonchev–Trinajstić information content (AvgIpc) is 2.87. The second-order valence-corrected chi connectivity index (χ2v) is 12.4. The van der Waals surface area contributed by atoms with Gasteiger partial charge in [-0.1, -0.05) is 37.4 Å². The highest BCUT2D eigenvalue weighted by Gasteiger charge is 2.21. The first-order valence-electron chi connectivity index (χ1n) is 11.9. The Morgan fingerprint density at radius 3 is 2.43 bits per heavy atom. The van der Waals surface area contributed by atoms with Gasteiger partial charge in [-0.2, -0.15) is 0 Å². The second kappa shape index (κ2) is 12.0. The summed E-state index contributed by atoms with van der Waals surface area (Å²) in [5.74, 6) is 0.0210. The number of hydrogen-bond donors (Lipinski definition) is 3. The number of amides is 1. The molecule has 1 aliphatic heterocycles. The highest BCUT2D eigenvalue weighted by molar-refractivity contribution is 7.70. The smallest absolute Gasteiger partial charge is 0.247 e. The van der Waals surface area contributed by atoms with E-state index < -0.39 is 7.14 Å². The lowest BCUT2D eigenvalue weighted by atomic mass is 10.1. The summed E-state index contributed by atoms with van der Waals surface area (Å²) in [6.07, 6.45) is 2.68. The molecule has 2 aromatic carbocycles. The number of guanidine groups is 1. The molecule has 0 spiro atoms. The quantitative estimate of drug-likeness (QED) is 0.210. The van der Waals surface area contributed by atoms with Gasteiger partial charge in [-0.25, -0.2) is 4.99 Å². The van der Waals surface area contributed by atoms with Crippen molar-refractivity contribution in [3.05, 3.63) is 61.2 Å². The van der Waals surface area contributed by atoms with Crippen LogP contribution in [-0.4, -0.2) is 76.6 Å². The number of ether oxygens (including phenoxy) is 1. The Morgan fingerprint density at radius 1 is 1.14 bits per heavy atom. The number of nitrogens with zero attached hydrogens (tertiary/aromatic N) is 3. The van der Waals surface area contributed by atoms with Crippen LogP contribution in [0.5, 0.6) is 5.75 Å². The van der Waals surface area contributed by atoms with Crippen LogP contribution in [0.2, 0.25) is 0 Å². The molecule has 3 rings (SSSR count). The molecule has 1 fully saturated rings. The van der Waals surface area contributed by atoms with E-state index in [0.29, 0.717) is 22.7 Å². The van der Waals surface area contributed by atoms with Crippen molar-refractivity contribution in [2.45, 2.75) is 0 Å². The molecule has 2 aromatic rings. The van der Waals surface area contributed by atoms with Gasteiger partial charge in [-0.05, 0) is 43.7 Å². The number of likely N-dealkylation sites (N-methyl/N-ethyl adjacent to an activating group) is 1. The van der Waals surface area contributed by atoms with E-state index in [-0.39, 0.29) is 11.9 Å². The molecule has 196 valence electrons. The molecule has 0 atom stereocenters. The maximum absolute atomic E-state index is 12.7. The number of piperazine rings is 1. The summed E-state index contributed by atoms with van der Waals surface area (Å²) >= 11 is 0. The molecule has 9 nitrogen and oxygen atoms in total. The van der Waals surface area contributed by atoms with Gasteiger partial charge < -0.3 is 29.7 Å². The lowest BCUT2D eigenvalue weighted by molar-refractivity contribution is -0.111. The Morgan fingerprint density at radius 2 is 1.81 bits per heavy atom. The van der Waals surface area contributed by atoms with Crippen molar-refractivity contribution in [2.24, 2.45) is 4.99 Å². The maximum atomic E-state index is 12.7. The predicted octanol–water partition coefficient (Wildman–Crippen LogP) is 3.95. The number of methoxy groups -OCH3 is 1. The first-order valence-corrected chi connectivity index (χ1v) is 14.5. The van der Waals surface area contributed by atoms with Crippen molar-refractivity contribution in [1.82, 2.24) is 4.90 Å². The van der Waals surface area contributed by atoms with Crippen molar-refractivity contribution in [3.63, 3.8) is 0 Å². The molecule has 1 aliphatic rings. The lowest BCUT2D eigenvalue weighted by Gasteiger charge is -2.35. The van der Waals surface area contributed by atoms with Gasteiger partial charge in [0.05, 0.1) is 24.2 Å². The number of hydrogen-bond acceptors (Lipinski definition) is 6. The molecular formula is C27H35N6O3P. The summed E-state index contributed by atoms with van der Waals surface area (Å²) in [4.78, 5) is 20.8. The number of allylic oxidation sites excluding steroid dienone is 1. The Balaban J connectivity index is 1.86. The van der Waals surface area contributed by atoms with Gasteiger partial charge in [-0.3, -0.25) is 10.2 Å². The topological polar surface area (TPSA) is 110 Å². The fourth-order valence-corrected chi connectivity index (χ4v) is 5.26. The molecule has 0 bridgehead atoms. The van der Waals surface area contributed by atoms with E-state index in [0.717, 1.165) is 42.7 Å². The van der Waals surface area contributed by atoms with Crippen LogP contribution in [0.4, 0.5) is 17.1 Å². The number of anilines is 3. The van der Waals surface area contributed by atoms with Gasteiger partial charge in [0.25, 0.3) is 0 Å². The summed E-state index contributed by atoms with van der Waals surface area (Å²) in [6, 6.07) is 10.9. The minimum absolute atomic E-state index is 0.151. The molecule has 0 radical (unpaired) electrons. The van der Waals surface area contributed by atoms with Crippen LogP contribution in [0.25, 0.3) is 5.57 Å². The third-order valence-corrected chi connectivity index (χ3v) is 7.59. The van der Waals surface area contributed by atoms with Crippen molar-refractivity contribution in [1.29, 1.82) is 5.41 Å². The van der Waals surface area contributed by atoms with Crippen molar-refractivity contribution >= 4 is 53.2 Å². The average molecular weight is 523 g/mol. The van der Waals surface area contributed by atoms with Crippen molar-refractivity contribution < 1.29 is 14.1 Å². The molecule has 1 heterocycles. The molecule has 1 amide bonds. The van der Waals surface area contributed by atoms with Gasteiger partial charge in [0.15, 0.2) is 0 Å².